The average molecular weight is 267 g/mol. The molecule has 0 radical (unpaired) electrons. The Hall–Kier alpha value is -1.89. The lowest BCUT2D eigenvalue weighted by atomic mass is 10.2. The van der Waals surface area contributed by atoms with Gasteiger partial charge >= 0.3 is 0 Å². The molecule has 0 saturated heterocycles. The first-order chi connectivity index (χ1) is 8.50. The molecule has 2 rings (SSSR count). The van der Waals surface area contributed by atoms with Gasteiger partial charge in [-0.3, -0.25) is 4.72 Å². The highest BCUT2D eigenvalue weighted by Gasteiger charge is 2.08. The molecule has 6 nitrogen and oxygen atoms in total. The van der Waals surface area contributed by atoms with E-state index in [-0.39, 0.29) is 5.75 Å². The van der Waals surface area contributed by atoms with Crippen LogP contribution in [0, 0.1) is 6.92 Å². The van der Waals surface area contributed by atoms with E-state index in [9.17, 15) is 8.42 Å². The minimum absolute atomic E-state index is 0.0393. The largest absolute Gasteiger partial charge is 0.421 e. The Morgan fingerprint density at radius 2 is 1.89 bits per heavy atom. The lowest BCUT2D eigenvalue weighted by Gasteiger charge is -2.05. The molecule has 96 valence electrons. The van der Waals surface area contributed by atoms with Crippen molar-refractivity contribution in [2.75, 3.05) is 10.5 Å². The van der Waals surface area contributed by atoms with Crippen molar-refractivity contribution in [1.82, 2.24) is 10.2 Å². The summed E-state index contributed by atoms with van der Waals surface area (Å²) in [6, 6.07) is 6.76. The van der Waals surface area contributed by atoms with Crippen molar-refractivity contribution in [2.24, 2.45) is 0 Å². The molecule has 1 aromatic carbocycles. The van der Waals surface area contributed by atoms with E-state index in [2.05, 4.69) is 14.9 Å². The second kappa shape index (κ2) is 4.77. The molecule has 1 N–H and O–H groups in total. The number of sulfonamides is 1. The van der Waals surface area contributed by atoms with E-state index in [1.807, 2.05) is 0 Å². The van der Waals surface area contributed by atoms with Crippen molar-refractivity contribution in [3.8, 4) is 11.5 Å². The molecule has 1 heterocycles. The molecular weight excluding hydrogens is 254 g/mol. The minimum atomic E-state index is -3.25. The molecule has 0 aliphatic rings. The highest BCUT2D eigenvalue weighted by molar-refractivity contribution is 7.92. The number of aromatic nitrogens is 2. The van der Waals surface area contributed by atoms with Gasteiger partial charge in [-0.05, 0) is 31.2 Å². The van der Waals surface area contributed by atoms with Gasteiger partial charge in [-0.1, -0.05) is 0 Å². The zero-order valence-electron chi connectivity index (χ0n) is 10.0. The summed E-state index contributed by atoms with van der Waals surface area (Å²) in [5.41, 5.74) is 1.26. The monoisotopic (exact) mass is 267 g/mol. The number of nitrogens with zero attached hydrogens (tertiary/aromatic N) is 2. The zero-order chi connectivity index (χ0) is 13.2. The Labute approximate surface area is 105 Å². The molecule has 0 bridgehead atoms. The number of rotatable bonds is 4. The maximum absolute atomic E-state index is 11.4. The maximum Gasteiger partial charge on any atom is 0.247 e. The summed E-state index contributed by atoms with van der Waals surface area (Å²) in [4.78, 5) is 0. The van der Waals surface area contributed by atoms with Crippen molar-refractivity contribution in [2.45, 2.75) is 13.8 Å². The van der Waals surface area contributed by atoms with E-state index in [0.29, 0.717) is 17.5 Å². The molecule has 0 aliphatic heterocycles. The first kappa shape index (κ1) is 12.6. The summed E-state index contributed by atoms with van der Waals surface area (Å²) in [5, 5.41) is 7.61. The van der Waals surface area contributed by atoms with E-state index >= 15 is 0 Å². The molecular formula is C11H13N3O3S. The van der Waals surface area contributed by atoms with E-state index in [4.69, 9.17) is 4.42 Å². The summed E-state index contributed by atoms with van der Waals surface area (Å²) in [6.07, 6.45) is 0. The van der Waals surface area contributed by atoms with Gasteiger partial charge in [-0.15, -0.1) is 10.2 Å². The first-order valence-corrected chi connectivity index (χ1v) is 7.06. The van der Waals surface area contributed by atoms with Crippen LogP contribution in [0.3, 0.4) is 0 Å². The van der Waals surface area contributed by atoms with Gasteiger partial charge in [0.05, 0.1) is 5.75 Å². The fourth-order valence-electron chi connectivity index (χ4n) is 1.35. The molecule has 0 saturated carbocycles. The van der Waals surface area contributed by atoms with Crippen LogP contribution in [0.15, 0.2) is 28.7 Å². The summed E-state index contributed by atoms with van der Waals surface area (Å²) in [5.74, 6) is 0.940. The molecule has 2 aromatic rings. The van der Waals surface area contributed by atoms with E-state index in [1.165, 1.54) is 0 Å². The van der Waals surface area contributed by atoms with Crippen LogP contribution in [0.5, 0.6) is 0 Å². The first-order valence-electron chi connectivity index (χ1n) is 5.41. The fourth-order valence-corrected chi connectivity index (χ4v) is 1.99. The third-order valence-corrected chi connectivity index (χ3v) is 3.62. The molecule has 0 unspecified atom stereocenters. The van der Waals surface area contributed by atoms with Crippen LogP contribution in [-0.4, -0.2) is 24.4 Å². The summed E-state index contributed by atoms with van der Waals surface area (Å²) in [6.45, 7) is 3.29. The van der Waals surface area contributed by atoms with Gasteiger partial charge in [0.25, 0.3) is 0 Å². The fraction of sp³-hybridized carbons (Fsp3) is 0.273. The van der Waals surface area contributed by atoms with Gasteiger partial charge in [0.15, 0.2) is 0 Å². The highest BCUT2D eigenvalue weighted by Crippen LogP contribution is 2.20. The lowest BCUT2D eigenvalue weighted by molar-refractivity contribution is 0.533. The van der Waals surface area contributed by atoms with Crippen LogP contribution in [0.1, 0.15) is 12.8 Å². The predicted octanol–water partition coefficient (Wildman–Crippen LogP) is 1.81. The molecule has 1 aromatic heterocycles. The number of nitrogens with one attached hydrogen (secondary N) is 1. The summed E-state index contributed by atoms with van der Waals surface area (Å²) in [7, 11) is -3.25. The molecule has 18 heavy (non-hydrogen) atoms. The predicted molar refractivity (Wildman–Crippen MR) is 67.6 cm³/mol. The Morgan fingerprint density at radius 1 is 1.22 bits per heavy atom. The molecule has 0 atom stereocenters. The number of benzene rings is 1. The van der Waals surface area contributed by atoms with Crippen LogP contribution in [0.2, 0.25) is 0 Å². The average Bonchev–Trinajstić information content (AvgIpc) is 2.76. The van der Waals surface area contributed by atoms with Gasteiger partial charge < -0.3 is 4.42 Å². The van der Waals surface area contributed by atoms with E-state index in [0.717, 1.165) is 5.56 Å². The molecule has 0 amide bonds. The minimum Gasteiger partial charge on any atom is -0.421 e. The van der Waals surface area contributed by atoms with Crippen molar-refractivity contribution in [1.29, 1.82) is 0 Å². The molecule has 0 fully saturated rings. The molecule has 7 heteroatoms. The van der Waals surface area contributed by atoms with Crippen LogP contribution < -0.4 is 4.72 Å². The van der Waals surface area contributed by atoms with Crippen molar-refractivity contribution in [3.63, 3.8) is 0 Å². The number of aryl methyl sites for hydroxylation is 1. The maximum atomic E-state index is 11.4. The Kier molecular flexibility index (Phi) is 3.33. The van der Waals surface area contributed by atoms with Crippen LogP contribution in [0.4, 0.5) is 5.69 Å². The normalized spacial score (nSPS) is 11.4. The Balaban J connectivity index is 2.20. The van der Waals surface area contributed by atoms with Gasteiger partial charge in [-0.25, -0.2) is 8.42 Å². The van der Waals surface area contributed by atoms with Gasteiger partial charge in [0.2, 0.25) is 21.8 Å². The van der Waals surface area contributed by atoms with Crippen LogP contribution in [0.25, 0.3) is 11.5 Å². The van der Waals surface area contributed by atoms with Gasteiger partial charge in [-0.2, -0.15) is 0 Å². The highest BCUT2D eigenvalue weighted by atomic mass is 32.2. The third-order valence-electron chi connectivity index (χ3n) is 2.31. The van der Waals surface area contributed by atoms with Crippen molar-refractivity contribution in [3.05, 3.63) is 30.2 Å². The third kappa shape index (κ3) is 2.86. The summed E-state index contributed by atoms with van der Waals surface area (Å²) >= 11 is 0. The van der Waals surface area contributed by atoms with Gasteiger partial charge in [0, 0.05) is 18.2 Å². The summed E-state index contributed by atoms with van der Waals surface area (Å²) < 4.78 is 30.5. The van der Waals surface area contributed by atoms with E-state index < -0.39 is 10.0 Å². The molecule has 0 aliphatic carbocycles. The van der Waals surface area contributed by atoms with Gasteiger partial charge in [0.1, 0.15) is 0 Å². The Morgan fingerprint density at radius 3 is 2.39 bits per heavy atom. The number of hydrogen-bond acceptors (Lipinski definition) is 5. The number of hydrogen-bond donors (Lipinski definition) is 1. The van der Waals surface area contributed by atoms with Crippen LogP contribution in [-0.2, 0) is 10.0 Å². The lowest BCUT2D eigenvalue weighted by Crippen LogP contribution is -2.14. The topological polar surface area (TPSA) is 85.1 Å². The van der Waals surface area contributed by atoms with E-state index in [1.54, 1.807) is 38.1 Å². The zero-order valence-corrected chi connectivity index (χ0v) is 10.9. The number of anilines is 1. The quantitative estimate of drug-likeness (QED) is 0.913. The second-order valence-electron chi connectivity index (χ2n) is 3.71. The SMILES string of the molecule is CCS(=O)(=O)Nc1ccc(-c2nnc(C)o2)cc1. The molecule has 0 spiro atoms. The van der Waals surface area contributed by atoms with Crippen molar-refractivity contribution >= 4 is 15.7 Å². The Bertz CT molecular complexity index is 632. The second-order valence-corrected chi connectivity index (χ2v) is 5.72. The smallest absolute Gasteiger partial charge is 0.247 e. The van der Waals surface area contributed by atoms with Crippen LogP contribution >= 0.6 is 0 Å². The van der Waals surface area contributed by atoms with Crippen molar-refractivity contribution < 1.29 is 12.8 Å². The standard InChI is InChI=1S/C11H13N3O3S/c1-3-18(15,16)14-10-6-4-9(5-7-10)11-13-12-8(2)17-11/h4-7,14H,3H2,1-2H3.